The second kappa shape index (κ2) is 13.2. The van der Waals surface area contributed by atoms with Crippen molar-refractivity contribution in [2.75, 3.05) is 31.3 Å². The van der Waals surface area contributed by atoms with Crippen molar-refractivity contribution in [3.63, 3.8) is 0 Å². The molecule has 0 unspecified atom stereocenters. The highest BCUT2D eigenvalue weighted by atomic mass is 35.5. The lowest BCUT2D eigenvalue weighted by atomic mass is 10.1. The number of hydrogen-bond acceptors (Lipinski definition) is 6. The highest BCUT2D eigenvalue weighted by molar-refractivity contribution is 7.92. The Morgan fingerprint density at radius 2 is 1.73 bits per heavy atom. The van der Waals surface area contributed by atoms with E-state index in [2.05, 4.69) is 5.32 Å². The predicted octanol–water partition coefficient (Wildman–Crippen LogP) is 4.11. The molecule has 2 aromatic rings. The third-order valence-electron chi connectivity index (χ3n) is 5.86. The van der Waals surface area contributed by atoms with E-state index >= 15 is 0 Å². The molecule has 2 aromatic carbocycles. The summed E-state index contributed by atoms with van der Waals surface area (Å²) < 4.78 is 37.1. The summed E-state index contributed by atoms with van der Waals surface area (Å²) in [5.41, 5.74) is 0.705. The quantitative estimate of drug-likeness (QED) is 0.409. The Balaban J connectivity index is 2.49. The summed E-state index contributed by atoms with van der Waals surface area (Å²) in [7, 11) is -1.08. The minimum atomic E-state index is -3.93. The average Bonchev–Trinajstić information content (AvgIpc) is 2.85. The lowest BCUT2D eigenvalue weighted by Crippen LogP contribution is -2.52. The smallest absolute Gasteiger partial charge is 0.244 e. The monoisotopic (exact) mass is 573 g/mol. The number of anilines is 1. The highest BCUT2D eigenvalue weighted by Crippen LogP contribution is 2.34. The van der Waals surface area contributed by atoms with Crippen molar-refractivity contribution in [2.45, 2.75) is 45.8 Å². The summed E-state index contributed by atoms with van der Waals surface area (Å²) in [6.45, 7) is 4.75. The van der Waals surface area contributed by atoms with Crippen molar-refractivity contribution in [1.82, 2.24) is 10.2 Å². The molecule has 12 heteroatoms. The third kappa shape index (κ3) is 8.15. The van der Waals surface area contributed by atoms with Gasteiger partial charge in [0.05, 0.1) is 26.2 Å². The summed E-state index contributed by atoms with van der Waals surface area (Å²) in [5.74, 6) is -0.330. The van der Waals surface area contributed by atoms with Gasteiger partial charge in [0.25, 0.3) is 0 Å². The molecule has 2 rings (SSSR count). The lowest BCUT2D eigenvalue weighted by Gasteiger charge is -2.32. The van der Waals surface area contributed by atoms with Crippen LogP contribution in [0.5, 0.6) is 11.5 Å². The zero-order valence-electron chi connectivity index (χ0n) is 21.7. The van der Waals surface area contributed by atoms with Gasteiger partial charge in [0, 0.05) is 28.7 Å². The number of sulfonamides is 1. The summed E-state index contributed by atoms with van der Waals surface area (Å²) >= 11 is 12.4. The number of nitrogens with zero attached hydrogens (tertiary/aromatic N) is 2. The minimum absolute atomic E-state index is 0.0404. The van der Waals surface area contributed by atoms with Crippen LogP contribution in [0.1, 0.15) is 32.8 Å². The van der Waals surface area contributed by atoms with Gasteiger partial charge in [-0.15, -0.1) is 0 Å². The average molecular weight is 575 g/mol. The zero-order valence-corrected chi connectivity index (χ0v) is 24.1. The molecule has 0 spiro atoms. The Morgan fingerprint density at radius 1 is 1.05 bits per heavy atom. The molecule has 204 valence electrons. The van der Waals surface area contributed by atoms with Gasteiger partial charge in [-0.25, -0.2) is 8.42 Å². The number of amides is 2. The number of carbonyl (C=O) groups is 2. The van der Waals surface area contributed by atoms with Gasteiger partial charge in [0.2, 0.25) is 21.8 Å². The fourth-order valence-corrected chi connectivity index (χ4v) is 4.79. The molecule has 2 atom stereocenters. The molecule has 0 saturated heterocycles. The van der Waals surface area contributed by atoms with Crippen molar-refractivity contribution in [2.24, 2.45) is 0 Å². The fourth-order valence-electron chi connectivity index (χ4n) is 3.47. The van der Waals surface area contributed by atoms with Crippen LogP contribution in [0.4, 0.5) is 5.69 Å². The summed E-state index contributed by atoms with van der Waals surface area (Å²) in [6, 6.07) is 8.36. The first-order valence-electron chi connectivity index (χ1n) is 11.6. The van der Waals surface area contributed by atoms with Gasteiger partial charge in [-0.3, -0.25) is 13.9 Å². The van der Waals surface area contributed by atoms with Crippen molar-refractivity contribution in [3.05, 3.63) is 52.0 Å². The number of halogens is 2. The molecule has 0 heterocycles. The van der Waals surface area contributed by atoms with Gasteiger partial charge >= 0.3 is 0 Å². The molecule has 0 bridgehead atoms. The third-order valence-corrected chi connectivity index (χ3v) is 7.57. The number of carbonyl (C=O) groups excluding carboxylic acids is 2. The number of ether oxygens (including phenoxy) is 2. The van der Waals surface area contributed by atoms with Crippen molar-refractivity contribution < 1.29 is 27.5 Å². The zero-order chi connectivity index (χ0) is 27.9. The first-order valence-corrected chi connectivity index (χ1v) is 14.2. The second-order valence-corrected chi connectivity index (χ2v) is 11.3. The lowest BCUT2D eigenvalue weighted by molar-refractivity contribution is -0.139. The number of benzene rings is 2. The summed E-state index contributed by atoms with van der Waals surface area (Å²) in [6.07, 6.45) is 1.69. The van der Waals surface area contributed by atoms with Gasteiger partial charge in [-0.2, -0.15) is 0 Å². The number of methoxy groups -OCH3 is 2. The Kier molecular flexibility index (Phi) is 10.9. The molecule has 0 radical (unpaired) electrons. The minimum Gasteiger partial charge on any atom is -0.497 e. The molecule has 37 heavy (non-hydrogen) atoms. The normalized spacial score (nSPS) is 12.9. The van der Waals surface area contributed by atoms with Crippen LogP contribution in [0.15, 0.2) is 36.4 Å². The first kappa shape index (κ1) is 30.5. The Morgan fingerprint density at radius 3 is 2.27 bits per heavy atom. The van der Waals surface area contributed by atoms with Crippen LogP contribution in [-0.2, 0) is 26.2 Å². The van der Waals surface area contributed by atoms with E-state index in [1.165, 1.54) is 37.3 Å². The number of rotatable bonds is 12. The van der Waals surface area contributed by atoms with Crippen LogP contribution in [0.3, 0.4) is 0 Å². The van der Waals surface area contributed by atoms with Gasteiger partial charge in [-0.05, 0) is 50.1 Å². The highest BCUT2D eigenvalue weighted by Gasteiger charge is 2.32. The molecule has 1 N–H and O–H groups in total. The molecule has 2 amide bonds. The van der Waals surface area contributed by atoms with E-state index < -0.39 is 28.5 Å². The van der Waals surface area contributed by atoms with E-state index in [-0.39, 0.29) is 29.9 Å². The van der Waals surface area contributed by atoms with E-state index in [1.54, 1.807) is 25.1 Å². The van der Waals surface area contributed by atoms with Crippen LogP contribution in [0.2, 0.25) is 10.0 Å². The molecule has 0 fully saturated rings. The molecule has 0 aromatic heterocycles. The van der Waals surface area contributed by atoms with Crippen LogP contribution < -0.4 is 19.1 Å². The molecule has 0 aliphatic rings. The molecular weight excluding hydrogens is 541 g/mol. The van der Waals surface area contributed by atoms with Gasteiger partial charge in [-0.1, -0.05) is 36.2 Å². The van der Waals surface area contributed by atoms with Crippen molar-refractivity contribution in [3.8, 4) is 11.5 Å². The summed E-state index contributed by atoms with van der Waals surface area (Å²) in [5, 5.41) is 3.60. The Hall–Kier alpha value is -2.69. The van der Waals surface area contributed by atoms with E-state index in [9.17, 15) is 18.0 Å². The number of nitrogens with one attached hydrogen (secondary N) is 1. The fraction of sp³-hybridized carbons (Fsp3) is 0.440. The van der Waals surface area contributed by atoms with E-state index in [4.69, 9.17) is 32.7 Å². The maximum absolute atomic E-state index is 13.7. The van der Waals surface area contributed by atoms with E-state index in [1.807, 2.05) is 13.8 Å². The van der Waals surface area contributed by atoms with Gasteiger partial charge in [0.1, 0.15) is 24.1 Å². The molecule has 0 saturated carbocycles. The Bertz CT molecular complexity index is 1220. The van der Waals surface area contributed by atoms with Crippen LogP contribution in [0, 0.1) is 0 Å². The van der Waals surface area contributed by atoms with E-state index in [0.29, 0.717) is 27.8 Å². The van der Waals surface area contributed by atoms with Crippen molar-refractivity contribution in [1.29, 1.82) is 0 Å². The number of hydrogen-bond donors (Lipinski definition) is 1. The Labute approximate surface area is 228 Å². The maximum atomic E-state index is 13.7. The molecule has 0 aliphatic carbocycles. The van der Waals surface area contributed by atoms with Crippen molar-refractivity contribution >= 4 is 50.7 Å². The van der Waals surface area contributed by atoms with Crippen LogP contribution in [-0.4, -0.2) is 64.2 Å². The molecule has 9 nitrogen and oxygen atoms in total. The molecular formula is C25H33Cl2N3O6S. The first-order chi connectivity index (χ1) is 17.3. The van der Waals surface area contributed by atoms with Crippen LogP contribution >= 0.6 is 23.2 Å². The van der Waals surface area contributed by atoms with Crippen LogP contribution in [0.25, 0.3) is 0 Å². The predicted molar refractivity (Wildman–Crippen MR) is 146 cm³/mol. The SMILES string of the molecule is CC[C@H](C)NC(=O)[C@@H](C)N(Cc1ccc(Cl)cc1Cl)C(=O)CN(c1ccc(OC)cc1OC)S(C)(=O)=O. The van der Waals surface area contributed by atoms with Gasteiger partial charge < -0.3 is 19.7 Å². The molecule has 0 aliphatic heterocycles. The second-order valence-electron chi connectivity index (χ2n) is 8.56. The largest absolute Gasteiger partial charge is 0.497 e. The summed E-state index contributed by atoms with van der Waals surface area (Å²) in [4.78, 5) is 28.0. The maximum Gasteiger partial charge on any atom is 0.244 e. The van der Waals surface area contributed by atoms with Gasteiger partial charge in [0.15, 0.2) is 0 Å². The topological polar surface area (TPSA) is 105 Å². The van der Waals surface area contributed by atoms with E-state index in [0.717, 1.165) is 10.6 Å². The standard InChI is InChI=1S/C25H33Cl2N3O6S/c1-7-16(2)28-25(32)17(3)29(14-18-8-9-19(26)12-21(18)27)24(31)15-30(37(6,33)34)22-11-10-20(35-4)13-23(22)36-5/h8-13,16-17H,7,14-15H2,1-6H3,(H,28,32)/t16-,17+/m0/s1.